The van der Waals surface area contributed by atoms with Crippen LogP contribution >= 0.6 is 11.6 Å². The molecular formula is C14H21ClN2O3. The molecule has 1 N–H and O–H groups in total. The second kappa shape index (κ2) is 7.97. The predicted molar refractivity (Wildman–Crippen MR) is 81.0 cm³/mol. The van der Waals surface area contributed by atoms with Crippen LogP contribution in [0.3, 0.4) is 0 Å². The van der Waals surface area contributed by atoms with E-state index in [0.717, 1.165) is 18.8 Å². The van der Waals surface area contributed by atoms with Crippen molar-refractivity contribution < 1.29 is 14.6 Å². The molecule has 0 radical (unpaired) electrons. The number of methoxy groups -OCH3 is 1. The third-order valence-electron chi connectivity index (χ3n) is 2.91. The molecule has 0 aromatic heterocycles. The molecule has 0 bridgehead atoms. The van der Waals surface area contributed by atoms with Crippen molar-refractivity contribution in [3.8, 4) is 5.75 Å². The Bertz CT molecular complexity index is 452. The van der Waals surface area contributed by atoms with Gasteiger partial charge in [-0.1, -0.05) is 11.6 Å². The van der Waals surface area contributed by atoms with E-state index in [9.17, 15) is 4.79 Å². The number of carboxylic acid groups (broad SMARTS) is 1. The van der Waals surface area contributed by atoms with Crippen molar-refractivity contribution in [3.63, 3.8) is 0 Å². The summed E-state index contributed by atoms with van der Waals surface area (Å²) in [5.74, 6) is -0.194. The first kappa shape index (κ1) is 16.6. The molecule has 0 aliphatic rings. The molecule has 0 amide bonds. The Balaban J connectivity index is 2.84. The van der Waals surface area contributed by atoms with Crippen molar-refractivity contribution in [1.29, 1.82) is 0 Å². The van der Waals surface area contributed by atoms with Crippen LogP contribution in [-0.2, 0) is 4.79 Å². The Morgan fingerprint density at radius 1 is 1.30 bits per heavy atom. The normalized spacial score (nSPS) is 10.7. The Kier molecular flexibility index (Phi) is 6.61. The van der Waals surface area contributed by atoms with Crippen LogP contribution in [0.2, 0.25) is 5.02 Å². The molecule has 0 saturated heterocycles. The van der Waals surface area contributed by atoms with Crippen LogP contribution in [0.4, 0.5) is 5.69 Å². The quantitative estimate of drug-likeness (QED) is 0.797. The minimum Gasteiger partial charge on any atom is -0.495 e. The standard InChI is InChI=1S/C14H21ClN2O3/c1-16(2)8-9-17(7-6-14(18)19)11-4-5-13(20-3)12(15)10-11/h4-5,10H,6-9H2,1-3H3,(H,18,19). The molecule has 0 unspecified atom stereocenters. The minimum absolute atomic E-state index is 0.0943. The molecule has 0 aliphatic carbocycles. The van der Waals surface area contributed by atoms with Gasteiger partial charge >= 0.3 is 5.97 Å². The lowest BCUT2D eigenvalue weighted by Gasteiger charge is -2.26. The molecule has 0 heterocycles. The fraction of sp³-hybridized carbons (Fsp3) is 0.500. The van der Waals surface area contributed by atoms with E-state index in [1.54, 1.807) is 19.2 Å². The van der Waals surface area contributed by atoms with E-state index in [0.29, 0.717) is 17.3 Å². The maximum absolute atomic E-state index is 10.8. The van der Waals surface area contributed by atoms with Gasteiger partial charge < -0.3 is 19.6 Å². The fourth-order valence-electron chi connectivity index (χ4n) is 1.77. The number of ether oxygens (including phenoxy) is 1. The molecular weight excluding hydrogens is 280 g/mol. The first-order valence-corrected chi connectivity index (χ1v) is 6.77. The Hall–Kier alpha value is -1.46. The van der Waals surface area contributed by atoms with Crippen molar-refractivity contribution in [1.82, 2.24) is 4.90 Å². The van der Waals surface area contributed by atoms with Gasteiger partial charge in [-0.05, 0) is 32.3 Å². The summed E-state index contributed by atoms with van der Waals surface area (Å²) in [6, 6.07) is 5.49. The Morgan fingerprint density at radius 2 is 2.00 bits per heavy atom. The Morgan fingerprint density at radius 3 is 2.50 bits per heavy atom. The lowest BCUT2D eigenvalue weighted by atomic mass is 10.2. The maximum Gasteiger partial charge on any atom is 0.305 e. The van der Waals surface area contributed by atoms with Gasteiger partial charge in [-0.2, -0.15) is 0 Å². The molecule has 0 aliphatic heterocycles. The third kappa shape index (κ3) is 5.27. The van der Waals surface area contributed by atoms with Gasteiger partial charge in [-0.25, -0.2) is 0 Å². The zero-order valence-electron chi connectivity index (χ0n) is 12.1. The number of halogens is 1. The summed E-state index contributed by atoms with van der Waals surface area (Å²) in [5.41, 5.74) is 0.902. The van der Waals surface area contributed by atoms with Crippen LogP contribution in [0.15, 0.2) is 18.2 Å². The molecule has 0 atom stereocenters. The highest BCUT2D eigenvalue weighted by Crippen LogP contribution is 2.29. The topological polar surface area (TPSA) is 53.0 Å². The molecule has 0 spiro atoms. The second-order valence-electron chi connectivity index (χ2n) is 4.75. The lowest BCUT2D eigenvalue weighted by molar-refractivity contribution is -0.136. The summed E-state index contributed by atoms with van der Waals surface area (Å²) < 4.78 is 5.12. The molecule has 1 aromatic rings. The van der Waals surface area contributed by atoms with E-state index < -0.39 is 5.97 Å². The van der Waals surface area contributed by atoms with Gasteiger partial charge in [0.05, 0.1) is 18.6 Å². The average Bonchev–Trinajstić information content (AvgIpc) is 2.38. The molecule has 20 heavy (non-hydrogen) atoms. The smallest absolute Gasteiger partial charge is 0.305 e. The van der Waals surface area contributed by atoms with E-state index in [-0.39, 0.29) is 6.42 Å². The summed E-state index contributed by atoms with van der Waals surface area (Å²) in [7, 11) is 5.53. The molecule has 112 valence electrons. The van der Waals surface area contributed by atoms with Crippen molar-refractivity contribution in [2.24, 2.45) is 0 Å². The van der Waals surface area contributed by atoms with Gasteiger partial charge in [0.2, 0.25) is 0 Å². The molecule has 0 saturated carbocycles. The van der Waals surface area contributed by atoms with Crippen LogP contribution < -0.4 is 9.64 Å². The number of carboxylic acids is 1. The lowest BCUT2D eigenvalue weighted by Crippen LogP contribution is -2.33. The van der Waals surface area contributed by atoms with Gasteiger partial charge in [-0.3, -0.25) is 4.79 Å². The minimum atomic E-state index is -0.806. The number of carbonyl (C=O) groups is 1. The number of rotatable bonds is 8. The number of hydrogen-bond donors (Lipinski definition) is 1. The highest BCUT2D eigenvalue weighted by Gasteiger charge is 2.11. The average molecular weight is 301 g/mol. The fourth-order valence-corrected chi connectivity index (χ4v) is 2.03. The Labute approximate surface area is 124 Å². The van der Waals surface area contributed by atoms with Crippen LogP contribution in [0.25, 0.3) is 0 Å². The number of nitrogens with zero attached hydrogens (tertiary/aromatic N) is 2. The molecule has 0 fully saturated rings. The zero-order valence-corrected chi connectivity index (χ0v) is 12.9. The predicted octanol–water partition coefficient (Wildman–Crippen LogP) is 2.19. The van der Waals surface area contributed by atoms with E-state index in [2.05, 4.69) is 4.90 Å². The maximum atomic E-state index is 10.8. The van der Waals surface area contributed by atoms with Gasteiger partial charge in [0.15, 0.2) is 0 Å². The first-order chi connectivity index (χ1) is 9.43. The van der Waals surface area contributed by atoms with Crippen molar-refractivity contribution >= 4 is 23.3 Å². The van der Waals surface area contributed by atoms with Crippen LogP contribution in [0, 0.1) is 0 Å². The largest absolute Gasteiger partial charge is 0.495 e. The number of benzene rings is 1. The summed E-state index contributed by atoms with van der Waals surface area (Å²) in [4.78, 5) is 14.8. The molecule has 1 rings (SSSR count). The van der Waals surface area contributed by atoms with E-state index in [1.807, 2.05) is 25.1 Å². The second-order valence-corrected chi connectivity index (χ2v) is 5.16. The van der Waals surface area contributed by atoms with Crippen molar-refractivity contribution in [2.45, 2.75) is 6.42 Å². The van der Waals surface area contributed by atoms with Gasteiger partial charge in [0.25, 0.3) is 0 Å². The highest BCUT2D eigenvalue weighted by atomic mass is 35.5. The summed E-state index contributed by atoms with van der Waals surface area (Å²) in [5, 5.41) is 9.36. The van der Waals surface area contributed by atoms with E-state index in [1.165, 1.54) is 0 Å². The first-order valence-electron chi connectivity index (χ1n) is 6.39. The van der Waals surface area contributed by atoms with Crippen molar-refractivity contribution in [2.75, 3.05) is 45.7 Å². The van der Waals surface area contributed by atoms with E-state index >= 15 is 0 Å². The molecule has 5 nitrogen and oxygen atoms in total. The van der Waals surface area contributed by atoms with E-state index in [4.69, 9.17) is 21.4 Å². The zero-order chi connectivity index (χ0) is 15.1. The summed E-state index contributed by atoms with van der Waals surface area (Å²) in [6.07, 6.45) is 0.0943. The number of likely N-dealkylation sites (N-methyl/N-ethyl adjacent to an activating group) is 1. The van der Waals surface area contributed by atoms with Crippen LogP contribution in [0.1, 0.15) is 6.42 Å². The van der Waals surface area contributed by atoms with Gasteiger partial charge in [0, 0.05) is 25.3 Å². The van der Waals surface area contributed by atoms with Crippen LogP contribution in [-0.4, -0.2) is 56.8 Å². The highest BCUT2D eigenvalue weighted by molar-refractivity contribution is 6.32. The van der Waals surface area contributed by atoms with Gasteiger partial charge in [0.1, 0.15) is 5.75 Å². The summed E-state index contributed by atoms with van der Waals surface area (Å²) in [6.45, 7) is 2.03. The number of anilines is 1. The molecule has 1 aromatic carbocycles. The van der Waals surface area contributed by atoms with Crippen molar-refractivity contribution in [3.05, 3.63) is 23.2 Å². The van der Waals surface area contributed by atoms with Crippen LogP contribution in [0.5, 0.6) is 5.75 Å². The van der Waals surface area contributed by atoms with Gasteiger partial charge in [-0.15, -0.1) is 0 Å². The third-order valence-corrected chi connectivity index (χ3v) is 3.21. The number of aliphatic carboxylic acids is 1. The SMILES string of the molecule is COc1ccc(N(CCC(=O)O)CCN(C)C)cc1Cl. The molecule has 6 heteroatoms. The number of hydrogen-bond acceptors (Lipinski definition) is 4. The summed E-state index contributed by atoms with van der Waals surface area (Å²) >= 11 is 6.12. The monoisotopic (exact) mass is 300 g/mol.